The lowest BCUT2D eigenvalue weighted by molar-refractivity contribution is 0.291. The minimum Gasteiger partial charge on any atom is -0.486 e. The van der Waals surface area contributed by atoms with Crippen molar-refractivity contribution < 1.29 is 9.13 Å². The summed E-state index contributed by atoms with van der Waals surface area (Å²) < 4.78 is 22.2. The molecule has 1 heterocycles. The number of nitrogens with zero attached hydrogens (tertiary/aromatic N) is 3. The highest BCUT2D eigenvalue weighted by molar-refractivity contribution is 5.76. The topological polar surface area (TPSA) is 50.8 Å². The first-order chi connectivity index (χ1) is 13.2. The fourth-order valence-electron chi connectivity index (χ4n) is 2.99. The lowest BCUT2D eigenvalue weighted by Crippen LogP contribution is -2.09. The smallest absolute Gasteiger partial charge is 0.148 e. The van der Waals surface area contributed by atoms with Crippen LogP contribution in [0.1, 0.15) is 17.0 Å². The molecule has 4 aromatic rings. The normalized spacial score (nSPS) is 10.7. The molecule has 4 nitrogen and oxygen atoms in total. The third kappa shape index (κ3) is 3.51. The van der Waals surface area contributed by atoms with Gasteiger partial charge in [-0.25, -0.2) is 9.37 Å². The maximum Gasteiger partial charge on any atom is 0.148 e. The Balaban J connectivity index is 1.69. The first-order valence-electron chi connectivity index (χ1n) is 8.55. The molecule has 0 unspecified atom stereocenters. The molecule has 0 amide bonds. The summed E-state index contributed by atoms with van der Waals surface area (Å²) in [6.07, 6.45) is 0. The third-order valence-electron chi connectivity index (χ3n) is 4.36. The molecule has 4 rings (SSSR count). The number of imidazole rings is 1. The molecule has 132 valence electrons. The Labute approximate surface area is 156 Å². The number of fused-ring (bicyclic) bond motifs is 1. The van der Waals surface area contributed by atoms with Crippen molar-refractivity contribution in [1.29, 1.82) is 5.26 Å². The van der Waals surface area contributed by atoms with E-state index in [2.05, 4.69) is 4.98 Å². The van der Waals surface area contributed by atoms with Gasteiger partial charge in [0.1, 0.15) is 24.0 Å². The van der Waals surface area contributed by atoms with E-state index in [-0.39, 0.29) is 6.61 Å². The van der Waals surface area contributed by atoms with Crippen molar-refractivity contribution in [2.45, 2.75) is 13.2 Å². The van der Waals surface area contributed by atoms with E-state index in [0.717, 1.165) is 16.8 Å². The molecule has 1 aromatic heterocycles. The highest BCUT2D eigenvalue weighted by atomic mass is 19.1. The van der Waals surface area contributed by atoms with Crippen LogP contribution in [0.15, 0.2) is 72.8 Å². The lowest BCUT2D eigenvalue weighted by Gasteiger charge is -2.11. The summed E-state index contributed by atoms with van der Waals surface area (Å²) in [5.74, 6) is 1.06. The van der Waals surface area contributed by atoms with Gasteiger partial charge in [0, 0.05) is 5.56 Å². The van der Waals surface area contributed by atoms with E-state index in [4.69, 9.17) is 10.00 Å². The van der Waals surface area contributed by atoms with Gasteiger partial charge in [-0.2, -0.15) is 5.26 Å². The fraction of sp³-hybridized carbons (Fsp3) is 0.0909. The van der Waals surface area contributed by atoms with E-state index >= 15 is 0 Å². The van der Waals surface area contributed by atoms with Crippen molar-refractivity contribution in [3.63, 3.8) is 0 Å². The summed E-state index contributed by atoms with van der Waals surface area (Å²) in [6, 6.07) is 23.7. The van der Waals surface area contributed by atoms with Crippen LogP contribution in [-0.2, 0) is 13.2 Å². The van der Waals surface area contributed by atoms with E-state index in [0.29, 0.717) is 23.5 Å². The molecule has 0 fully saturated rings. The molecule has 0 radical (unpaired) electrons. The summed E-state index contributed by atoms with van der Waals surface area (Å²) in [4.78, 5) is 4.65. The van der Waals surface area contributed by atoms with Crippen LogP contribution in [0.4, 0.5) is 4.39 Å². The van der Waals surface area contributed by atoms with Crippen LogP contribution >= 0.6 is 0 Å². The number of halogens is 1. The third-order valence-corrected chi connectivity index (χ3v) is 4.36. The van der Waals surface area contributed by atoms with Crippen molar-refractivity contribution in [2.24, 2.45) is 0 Å². The molecule has 5 heteroatoms. The van der Waals surface area contributed by atoms with E-state index in [9.17, 15) is 4.39 Å². The minimum atomic E-state index is -0.401. The Morgan fingerprint density at radius 2 is 1.78 bits per heavy atom. The van der Waals surface area contributed by atoms with Crippen LogP contribution in [0.2, 0.25) is 0 Å². The van der Waals surface area contributed by atoms with Gasteiger partial charge in [0.15, 0.2) is 0 Å². The Morgan fingerprint density at radius 1 is 1.00 bits per heavy atom. The van der Waals surface area contributed by atoms with Crippen molar-refractivity contribution in [2.75, 3.05) is 0 Å². The molecule has 0 N–H and O–H groups in total. The van der Waals surface area contributed by atoms with Crippen LogP contribution in [0.3, 0.4) is 0 Å². The van der Waals surface area contributed by atoms with Gasteiger partial charge in [0.2, 0.25) is 0 Å². The number of ether oxygens (including phenoxy) is 1. The maximum atomic E-state index is 14.4. The Hall–Kier alpha value is -3.65. The van der Waals surface area contributed by atoms with E-state index in [1.165, 1.54) is 6.07 Å². The van der Waals surface area contributed by atoms with E-state index in [1.54, 1.807) is 12.1 Å². The second-order valence-corrected chi connectivity index (χ2v) is 6.12. The van der Waals surface area contributed by atoms with Crippen molar-refractivity contribution in [1.82, 2.24) is 9.55 Å². The van der Waals surface area contributed by atoms with Gasteiger partial charge in [-0.15, -0.1) is 0 Å². The number of hydrogen-bond acceptors (Lipinski definition) is 3. The van der Waals surface area contributed by atoms with Crippen molar-refractivity contribution in [3.05, 3.63) is 95.6 Å². The molecule has 0 saturated heterocycles. The van der Waals surface area contributed by atoms with E-state index < -0.39 is 5.82 Å². The van der Waals surface area contributed by atoms with Crippen LogP contribution < -0.4 is 4.74 Å². The standard InChI is InChI=1S/C22H16FN3O/c23-19-12-16(13-24)10-11-17(19)14-26-21-9-5-4-8-20(21)25-22(26)15-27-18-6-2-1-3-7-18/h1-12H,14-15H2. The molecular formula is C22H16FN3O. The molecule has 0 aliphatic rings. The summed E-state index contributed by atoms with van der Waals surface area (Å²) in [6.45, 7) is 0.585. The quantitative estimate of drug-likeness (QED) is 0.521. The minimum absolute atomic E-state index is 0.274. The van der Waals surface area contributed by atoms with Crippen LogP contribution in [0.25, 0.3) is 11.0 Å². The molecule has 0 bridgehead atoms. The maximum absolute atomic E-state index is 14.4. The zero-order chi connectivity index (χ0) is 18.6. The van der Waals surface area contributed by atoms with Crippen LogP contribution in [-0.4, -0.2) is 9.55 Å². The molecule has 0 spiro atoms. The number of rotatable bonds is 5. The monoisotopic (exact) mass is 357 g/mol. The summed E-state index contributed by atoms with van der Waals surface area (Å²) in [7, 11) is 0. The second kappa shape index (κ2) is 7.30. The molecule has 0 atom stereocenters. The van der Waals surface area contributed by atoms with Gasteiger partial charge in [-0.05, 0) is 36.4 Å². The van der Waals surface area contributed by atoms with Gasteiger partial charge in [0.05, 0.1) is 29.2 Å². The summed E-state index contributed by atoms with van der Waals surface area (Å²) >= 11 is 0. The predicted octanol–water partition coefficient (Wildman–Crippen LogP) is 4.67. The summed E-state index contributed by atoms with van der Waals surface area (Å²) in [5, 5.41) is 8.92. The van der Waals surface area contributed by atoms with Gasteiger partial charge >= 0.3 is 0 Å². The molecule has 27 heavy (non-hydrogen) atoms. The molecule has 0 saturated carbocycles. The molecule has 3 aromatic carbocycles. The van der Waals surface area contributed by atoms with Crippen molar-refractivity contribution in [3.8, 4) is 11.8 Å². The van der Waals surface area contributed by atoms with Gasteiger partial charge in [-0.1, -0.05) is 36.4 Å². The first kappa shape index (κ1) is 16.8. The number of hydrogen-bond donors (Lipinski definition) is 0. The molecular weight excluding hydrogens is 341 g/mol. The van der Waals surface area contributed by atoms with Gasteiger partial charge in [0.25, 0.3) is 0 Å². The highest BCUT2D eigenvalue weighted by Crippen LogP contribution is 2.21. The number of aromatic nitrogens is 2. The average molecular weight is 357 g/mol. The Morgan fingerprint density at radius 3 is 2.56 bits per heavy atom. The van der Waals surface area contributed by atoms with Crippen LogP contribution in [0.5, 0.6) is 5.75 Å². The van der Waals surface area contributed by atoms with Gasteiger partial charge < -0.3 is 9.30 Å². The Kier molecular flexibility index (Phi) is 4.54. The number of para-hydroxylation sites is 3. The molecule has 0 aliphatic carbocycles. The largest absolute Gasteiger partial charge is 0.486 e. The Bertz CT molecular complexity index is 1130. The zero-order valence-corrected chi connectivity index (χ0v) is 14.5. The highest BCUT2D eigenvalue weighted by Gasteiger charge is 2.14. The number of nitriles is 1. The van der Waals surface area contributed by atoms with Gasteiger partial charge in [-0.3, -0.25) is 0 Å². The zero-order valence-electron chi connectivity index (χ0n) is 14.5. The second-order valence-electron chi connectivity index (χ2n) is 6.12. The van der Waals surface area contributed by atoms with Crippen LogP contribution in [0, 0.1) is 17.1 Å². The first-order valence-corrected chi connectivity index (χ1v) is 8.55. The van der Waals surface area contributed by atoms with Crippen molar-refractivity contribution >= 4 is 11.0 Å². The van der Waals surface area contributed by atoms with E-state index in [1.807, 2.05) is 65.2 Å². The number of benzene rings is 3. The molecule has 0 aliphatic heterocycles. The average Bonchev–Trinajstić information content (AvgIpc) is 3.06. The SMILES string of the molecule is N#Cc1ccc(Cn2c(COc3ccccc3)nc3ccccc32)c(F)c1. The predicted molar refractivity (Wildman–Crippen MR) is 101 cm³/mol. The fourth-order valence-corrected chi connectivity index (χ4v) is 2.99. The summed E-state index contributed by atoms with van der Waals surface area (Å²) in [5.41, 5.74) is 2.55. The lowest BCUT2D eigenvalue weighted by atomic mass is 10.1.